The molecule has 1 amide bonds. The van der Waals surface area contributed by atoms with E-state index in [1.807, 2.05) is 48.7 Å². The zero-order valence-corrected chi connectivity index (χ0v) is 15.5. The molecule has 0 aliphatic rings. The molecule has 7 heteroatoms. The van der Waals surface area contributed by atoms with Crippen LogP contribution in [0.1, 0.15) is 31.4 Å². The number of aromatic nitrogens is 2. The Morgan fingerprint density at radius 1 is 1.32 bits per heavy atom. The van der Waals surface area contributed by atoms with Gasteiger partial charge in [-0.15, -0.1) is 11.3 Å². The van der Waals surface area contributed by atoms with Gasteiger partial charge in [0.2, 0.25) is 5.91 Å². The van der Waals surface area contributed by atoms with Gasteiger partial charge >= 0.3 is 0 Å². The van der Waals surface area contributed by atoms with Crippen LogP contribution in [0.2, 0.25) is 0 Å². The van der Waals surface area contributed by atoms with E-state index in [-0.39, 0.29) is 17.5 Å². The highest BCUT2D eigenvalue weighted by molar-refractivity contribution is 7.71. The van der Waals surface area contributed by atoms with Gasteiger partial charge in [-0.1, -0.05) is 30.3 Å². The van der Waals surface area contributed by atoms with Gasteiger partial charge in [-0.25, -0.2) is 0 Å². The molecule has 3 rings (SSSR count). The summed E-state index contributed by atoms with van der Waals surface area (Å²) in [5, 5.41) is 4.84. The molecule has 2 heterocycles. The van der Waals surface area contributed by atoms with Crippen molar-refractivity contribution in [1.82, 2.24) is 14.9 Å². The summed E-state index contributed by atoms with van der Waals surface area (Å²) in [5.41, 5.74) is 1.75. The molecule has 0 fully saturated rings. The van der Waals surface area contributed by atoms with Gasteiger partial charge in [0.1, 0.15) is 4.70 Å². The fraction of sp³-hybridized carbons (Fsp3) is 0.278. The van der Waals surface area contributed by atoms with E-state index in [1.54, 1.807) is 0 Å². The number of rotatable bonds is 6. The van der Waals surface area contributed by atoms with Gasteiger partial charge < -0.3 is 10.3 Å². The molecule has 2 N–H and O–H groups in total. The van der Waals surface area contributed by atoms with E-state index >= 15 is 0 Å². The third kappa shape index (κ3) is 4.05. The van der Waals surface area contributed by atoms with Crippen LogP contribution in [0.3, 0.4) is 0 Å². The second-order valence-electron chi connectivity index (χ2n) is 5.85. The average Bonchev–Trinajstić information content (AvgIpc) is 3.07. The van der Waals surface area contributed by atoms with Gasteiger partial charge in [-0.05, 0) is 42.6 Å². The smallest absolute Gasteiger partial charge is 0.272 e. The van der Waals surface area contributed by atoms with Crippen LogP contribution in [-0.2, 0) is 11.3 Å². The topological polar surface area (TPSA) is 66.9 Å². The Hall–Kier alpha value is -2.25. The van der Waals surface area contributed by atoms with E-state index < -0.39 is 0 Å². The van der Waals surface area contributed by atoms with E-state index in [1.165, 1.54) is 15.9 Å². The van der Waals surface area contributed by atoms with Crippen molar-refractivity contribution in [1.29, 1.82) is 0 Å². The highest BCUT2D eigenvalue weighted by atomic mass is 32.1. The molecule has 25 heavy (non-hydrogen) atoms. The number of nitrogens with zero attached hydrogens (tertiary/aromatic N) is 1. The second-order valence-corrected chi connectivity index (χ2v) is 7.16. The lowest BCUT2D eigenvalue weighted by atomic mass is 10.1. The van der Waals surface area contributed by atoms with Crippen LogP contribution in [-0.4, -0.2) is 15.5 Å². The lowest BCUT2D eigenvalue weighted by Gasteiger charge is -2.14. The molecule has 0 saturated heterocycles. The minimum Gasteiger partial charge on any atom is -0.350 e. The number of fused-ring (bicyclic) bond motifs is 1. The molecule has 2 aromatic heterocycles. The maximum atomic E-state index is 12.4. The highest BCUT2D eigenvalue weighted by Crippen LogP contribution is 2.14. The first-order valence-electron chi connectivity index (χ1n) is 8.11. The number of hydrogen-bond donors (Lipinski definition) is 2. The van der Waals surface area contributed by atoms with Crippen molar-refractivity contribution >= 4 is 39.7 Å². The molecule has 0 aliphatic heterocycles. The molecule has 0 aliphatic carbocycles. The first-order chi connectivity index (χ1) is 12.1. The number of carbonyl (C=O) groups is 1. The molecule has 0 saturated carbocycles. The van der Waals surface area contributed by atoms with Gasteiger partial charge in [0.05, 0.1) is 11.6 Å². The Labute approximate surface area is 154 Å². The fourth-order valence-electron chi connectivity index (χ4n) is 2.71. The number of aromatic amines is 1. The summed E-state index contributed by atoms with van der Waals surface area (Å²) >= 11 is 6.65. The van der Waals surface area contributed by atoms with Gasteiger partial charge in [0, 0.05) is 13.0 Å². The first-order valence-corrected chi connectivity index (χ1v) is 9.39. The maximum Gasteiger partial charge on any atom is 0.272 e. The predicted molar refractivity (Wildman–Crippen MR) is 104 cm³/mol. The summed E-state index contributed by atoms with van der Waals surface area (Å²) in [6, 6.07) is 11.6. The number of nitrogens with one attached hydrogen (secondary N) is 2. The Morgan fingerprint density at radius 3 is 2.84 bits per heavy atom. The number of benzene rings is 1. The van der Waals surface area contributed by atoms with E-state index in [2.05, 4.69) is 10.3 Å². The molecular weight excluding hydrogens is 354 g/mol. The molecule has 0 spiro atoms. The average molecular weight is 374 g/mol. The normalized spacial score (nSPS) is 12.2. The Bertz CT molecular complexity index is 989. The van der Waals surface area contributed by atoms with Crippen LogP contribution in [0.4, 0.5) is 0 Å². The van der Waals surface area contributed by atoms with Crippen molar-refractivity contribution in [2.24, 2.45) is 0 Å². The van der Waals surface area contributed by atoms with Crippen molar-refractivity contribution < 1.29 is 4.79 Å². The Morgan fingerprint density at radius 2 is 2.08 bits per heavy atom. The third-order valence-electron chi connectivity index (χ3n) is 4.05. The van der Waals surface area contributed by atoms with Gasteiger partial charge in [-0.2, -0.15) is 0 Å². The summed E-state index contributed by atoms with van der Waals surface area (Å²) < 4.78 is 2.59. The minimum atomic E-state index is -0.0909. The van der Waals surface area contributed by atoms with Crippen molar-refractivity contribution in [3.8, 4) is 0 Å². The fourth-order valence-corrected chi connectivity index (χ4v) is 3.79. The van der Waals surface area contributed by atoms with Crippen LogP contribution in [0, 0.1) is 4.77 Å². The third-order valence-corrected chi connectivity index (χ3v) is 5.28. The molecule has 0 radical (unpaired) electrons. The summed E-state index contributed by atoms with van der Waals surface area (Å²) in [7, 11) is 0. The van der Waals surface area contributed by atoms with Gasteiger partial charge in [-0.3, -0.25) is 14.2 Å². The highest BCUT2D eigenvalue weighted by Gasteiger charge is 2.10. The second kappa shape index (κ2) is 7.76. The Kier molecular flexibility index (Phi) is 5.45. The number of hydrogen-bond acceptors (Lipinski definition) is 4. The zero-order valence-electron chi connectivity index (χ0n) is 13.8. The molecular formula is C18H19N3O2S2. The number of carbonyl (C=O) groups excluding carboxylic acids is 1. The summed E-state index contributed by atoms with van der Waals surface area (Å²) in [5.74, 6) is -0.0310. The SMILES string of the molecule is C[C@H](NC(=O)CCCn1c(=S)[nH]c2ccsc2c1=O)c1ccccc1. The monoisotopic (exact) mass is 373 g/mol. The number of amides is 1. The summed E-state index contributed by atoms with van der Waals surface area (Å²) in [6.45, 7) is 2.38. The van der Waals surface area contributed by atoms with Crippen LogP contribution in [0.15, 0.2) is 46.6 Å². The van der Waals surface area contributed by atoms with Crippen molar-refractivity contribution in [2.45, 2.75) is 32.4 Å². The van der Waals surface area contributed by atoms with Crippen LogP contribution >= 0.6 is 23.6 Å². The molecule has 1 atom stereocenters. The van der Waals surface area contributed by atoms with Crippen LogP contribution in [0.25, 0.3) is 10.2 Å². The maximum absolute atomic E-state index is 12.4. The standard InChI is InChI=1S/C18H19N3O2S2/c1-12(13-6-3-2-4-7-13)19-15(22)8-5-10-21-17(23)16-14(9-11-25-16)20-18(21)24/h2-4,6-7,9,11-12H,5,8,10H2,1H3,(H,19,22)(H,20,24)/t12-/m0/s1. The van der Waals surface area contributed by atoms with Crippen LogP contribution < -0.4 is 10.9 Å². The van der Waals surface area contributed by atoms with E-state index in [0.29, 0.717) is 28.9 Å². The lowest BCUT2D eigenvalue weighted by molar-refractivity contribution is -0.121. The van der Waals surface area contributed by atoms with Gasteiger partial charge in [0.25, 0.3) is 5.56 Å². The van der Waals surface area contributed by atoms with Crippen molar-refractivity contribution in [3.63, 3.8) is 0 Å². The summed E-state index contributed by atoms with van der Waals surface area (Å²) in [6.07, 6.45) is 0.905. The summed E-state index contributed by atoms with van der Waals surface area (Å²) in [4.78, 5) is 27.6. The van der Waals surface area contributed by atoms with Gasteiger partial charge in [0.15, 0.2) is 4.77 Å². The lowest BCUT2D eigenvalue weighted by Crippen LogP contribution is -2.27. The number of H-pyrrole nitrogens is 1. The zero-order chi connectivity index (χ0) is 17.8. The molecule has 5 nitrogen and oxygen atoms in total. The quantitative estimate of drug-likeness (QED) is 0.646. The number of thiophene rings is 1. The van der Waals surface area contributed by atoms with E-state index in [4.69, 9.17) is 12.2 Å². The molecule has 0 unspecified atom stereocenters. The van der Waals surface area contributed by atoms with E-state index in [9.17, 15) is 9.59 Å². The Balaban J connectivity index is 1.59. The van der Waals surface area contributed by atoms with Crippen molar-refractivity contribution in [3.05, 3.63) is 62.5 Å². The predicted octanol–water partition coefficient (Wildman–Crippen LogP) is 3.78. The van der Waals surface area contributed by atoms with Crippen LogP contribution in [0.5, 0.6) is 0 Å². The first kappa shape index (κ1) is 17.6. The molecule has 130 valence electrons. The largest absolute Gasteiger partial charge is 0.350 e. The van der Waals surface area contributed by atoms with E-state index in [0.717, 1.165) is 11.1 Å². The molecule has 3 aromatic rings. The molecule has 1 aromatic carbocycles. The van der Waals surface area contributed by atoms with Crippen molar-refractivity contribution in [2.75, 3.05) is 0 Å². The molecule has 0 bridgehead atoms. The minimum absolute atomic E-state index is 0.0310.